The lowest BCUT2D eigenvalue weighted by molar-refractivity contribution is -0.145. The SMILES string of the molecule is CCOC(=O)[C@@H](Nc1nc(C(=O)O)cc2c3ccccc3n(Cc3ccccc3)c12)[C@@H](C)CC. The summed E-state index contributed by atoms with van der Waals surface area (Å²) < 4.78 is 7.45. The van der Waals surface area contributed by atoms with Crippen molar-refractivity contribution in [2.45, 2.75) is 39.8 Å². The largest absolute Gasteiger partial charge is 0.477 e. The average molecular weight is 460 g/mol. The van der Waals surface area contributed by atoms with E-state index >= 15 is 0 Å². The second-order valence-electron chi connectivity index (χ2n) is 8.41. The Labute approximate surface area is 198 Å². The van der Waals surface area contributed by atoms with Gasteiger partial charge in [0, 0.05) is 22.8 Å². The molecule has 4 aromatic rings. The zero-order valence-electron chi connectivity index (χ0n) is 19.6. The zero-order chi connectivity index (χ0) is 24.2. The summed E-state index contributed by atoms with van der Waals surface area (Å²) in [4.78, 5) is 29.2. The summed E-state index contributed by atoms with van der Waals surface area (Å²) in [6.45, 7) is 6.57. The summed E-state index contributed by atoms with van der Waals surface area (Å²) in [7, 11) is 0. The van der Waals surface area contributed by atoms with Crippen molar-refractivity contribution in [2.24, 2.45) is 5.92 Å². The van der Waals surface area contributed by atoms with Gasteiger partial charge in [-0.2, -0.15) is 0 Å². The number of carbonyl (C=O) groups excluding carboxylic acids is 1. The van der Waals surface area contributed by atoms with Crippen LogP contribution in [0.4, 0.5) is 5.82 Å². The lowest BCUT2D eigenvalue weighted by Crippen LogP contribution is -2.37. The molecule has 34 heavy (non-hydrogen) atoms. The highest BCUT2D eigenvalue weighted by Gasteiger charge is 2.28. The quantitative estimate of drug-likeness (QED) is 0.329. The summed E-state index contributed by atoms with van der Waals surface area (Å²) in [5.74, 6) is -1.18. The lowest BCUT2D eigenvalue weighted by atomic mass is 9.99. The highest BCUT2D eigenvalue weighted by molar-refractivity contribution is 6.13. The number of carbonyl (C=O) groups is 2. The second kappa shape index (κ2) is 9.95. The first kappa shape index (κ1) is 23.3. The van der Waals surface area contributed by atoms with Crippen molar-refractivity contribution in [1.82, 2.24) is 9.55 Å². The smallest absolute Gasteiger partial charge is 0.354 e. The van der Waals surface area contributed by atoms with E-state index in [0.717, 1.165) is 33.8 Å². The van der Waals surface area contributed by atoms with Crippen molar-refractivity contribution in [3.8, 4) is 0 Å². The molecule has 0 aliphatic rings. The van der Waals surface area contributed by atoms with Gasteiger partial charge in [0.05, 0.1) is 12.1 Å². The maximum Gasteiger partial charge on any atom is 0.354 e. The highest BCUT2D eigenvalue weighted by atomic mass is 16.5. The van der Waals surface area contributed by atoms with Gasteiger partial charge < -0.3 is 19.7 Å². The summed E-state index contributed by atoms with van der Waals surface area (Å²) in [6.07, 6.45) is 0.741. The predicted molar refractivity (Wildman–Crippen MR) is 133 cm³/mol. The minimum Gasteiger partial charge on any atom is -0.477 e. The van der Waals surface area contributed by atoms with Crippen LogP contribution < -0.4 is 5.32 Å². The van der Waals surface area contributed by atoms with Crippen LogP contribution in [-0.2, 0) is 16.1 Å². The Morgan fingerprint density at radius 1 is 1.06 bits per heavy atom. The number of rotatable bonds is 9. The summed E-state index contributed by atoms with van der Waals surface area (Å²) >= 11 is 0. The molecule has 7 heteroatoms. The number of aromatic carboxylic acids is 1. The number of anilines is 1. The van der Waals surface area contributed by atoms with Gasteiger partial charge in [-0.25, -0.2) is 14.6 Å². The third-order valence-electron chi connectivity index (χ3n) is 6.20. The predicted octanol–water partition coefficient (Wildman–Crippen LogP) is 5.33. The summed E-state index contributed by atoms with van der Waals surface area (Å²) in [5, 5.41) is 14.7. The monoisotopic (exact) mass is 459 g/mol. The number of nitrogens with one attached hydrogen (secondary N) is 1. The van der Waals surface area contributed by atoms with Gasteiger partial charge >= 0.3 is 11.9 Å². The molecule has 0 aliphatic carbocycles. The molecule has 2 atom stereocenters. The molecular weight excluding hydrogens is 430 g/mol. The molecule has 2 heterocycles. The Morgan fingerprint density at radius 3 is 2.44 bits per heavy atom. The van der Waals surface area contributed by atoms with E-state index in [1.54, 1.807) is 13.0 Å². The molecule has 0 unspecified atom stereocenters. The topological polar surface area (TPSA) is 93.4 Å². The van der Waals surface area contributed by atoms with Gasteiger partial charge in [0.2, 0.25) is 0 Å². The minimum atomic E-state index is -1.12. The molecule has 0 fully saturated rings. The molecule has 7 nitrogen and oxygen atoms in total. The number of aromatic nitrogens is 2. The minimum absolute atomic E-state index is 0.0451. The number of hydrogen-bond donors (Lipinski definition) is 2. The van der Waals surface area contributed by atoms with Crippen LogP contribution in [0.25, 0.3) is 21.8 Å². The standard InChI is InChI=1S/C27H29N3O4/c1-4-17(3)23(27(33)34-5-2)29-25-24-20(15-21(28-25)26(31)32)19-13-9-10-14-22(19)30(24)16-18-11-7-6-8-12-18/h6-15,17,23H,4-5,16H2,1-3H3,(H,28,29)(H,31,32)/t17-,23-/m0/s1. The lowest BCUT2D eigenvalue weighted by Gasteiger charge is -2.24. The summed E-state index contributed by atoms with van der Waals surface area (Å²) in [5.41, 5.74) is 2.74. The van der Waals surface area contributed by atoms with E-state index < -0.39 is 12.0 Å². The van der Waals surface area contributed by atoms with E-state index in [4.69, 9.17) is 4.74 Å². The summed E-state index contributed by atoms with van der Waals surface area (Å²) in [6, 6.07) is 18.9. The van der Waals surface area contributed by atoms with Gasteiger partial charge in [0.15, 0.2) is 11.5 Å². The Morgan fingerprint density at radius 2 is 1.76 bits per heavy atom. The van der Waals surface area contributed by atoms with Crippen LogP contribution in [0.1, 0.15) is 43.2 Å². The van der Waals surface area contributed by atoms with Crippen molar-refractivity contribution in [1.29, 1.82) is 0 Å². The molecule has 0 saturated carbocycles. The van der Waals surface area contributed by atoms with Crippen molar-refractivity contribution < 1.29 is 19.4 Å². The van der Waals surface area contributed by atoms with Crippen LogP contribution in [-0.4, -0.2) is 39.2 Å². The number of para-hydroxylation sites is 1. The molecule has 176 valence electrons. The molecule has 0 saturated heterocycles. The van der Waals surface area contributed by atoms with Crippen molar-refractivity contribution >= 4 is 39.6 Å². The first-order chi connectivity index (χ1) is 16.4. The van der Waals surface area contributed by atoms with Gasteiger partial charge in [-0.05, 0) is 30.5 Å². The molecular formula is C27H29N3O4. The molecule has 0 radical (unpaired) electrons. The Bertz CT molecular complexity index is 1330. The van der Waals surface area contributed by atoms with Gasteiger partial charge in [-0.15, -0.1) is 0 Å². The number of carboxylic acids is 1. The Hall–Kier alpha value is -3.87. The molecule has 0 aliphatic heterocycles. The van der Waals surface area contributed by atoms with Crippen molar-refractivity contribution in [2.75, 3.05) is 11.9 Å². The third kappa shape index (κ3) is 4.46. The number of ether oxygens (including phenoxy) is 1. The fourth-order valence-corrected chi connectivity index (χ4v) is 4.26. The van der Waals surface area contributed by atoms with Crippen LogP contribution >= 0.6 is 0 Å². The number of nitrogens with zero attached hydrogens (tertiary/aromatic N) is 2. The number of esters is 1. The fourth-order valence-electron chi connectivity index (χ4n) is 4.26. The van der Waals surface area contributed by atoms with Crippen LogP contribution in [0.2, 0.25) is 0 Å². The number of hydrogen-bond acceptors (Lipinski definition) is 5. The van der Waals surface area contributed by atoms with Crippen molar-refractivity contribution in [3.63, 3.8) is 0 Å². The number of pyridine rings is 1. The maximum atomic E-state index is 12.8. The van der Waals surface area contributed by atoms with Gasteiger partial charge in [0.1, 0.15) is 6.04 Å². The fraction of sp³-hybridized carbons (Fsp3) is 0.296. The van der Waals surface area contributed by atoms with E-state index in [-0.39, 0.29) is 24.2 Å². The first-order valence-electron chi connectivity index (χ1n) is 11.6. The van der Waals surface area contributed by atoms with Crippen LogP contribution in [0, 0.1) is 5.92 Å². The van der Waals surface area contributed by atoms with Gasteiger partial charge in [0.25, 0.3) is 0 Å². The first-order valence-corrected chi connectivity index (χ1v) is 11.6. The molecule has 2 aromatic heterocycles. The molecule has 4 rings (SSSR count). The average Bonchev–Trinajstić information content (AvgIpc) is 3.16. The van der Waals surface area contributed by atoms with Crippen LogP contribution in [0.3, 0.4) is 0 Å². The number of fused-ring (bicyclic) bond motifs is 3. The molecule has 0 amide bonds. The Kier molecular flexibility index (Phi) is 6.82. The molecule has 2 aromatic carbocycles. The van der Waals surface area contributed by atoms with E-state index in [1.807, 2.05) is 68.4 Å². The highest BCUT2D eigenvalue weighted by Crippen LogP contribution is 2.35. The van der Waals surface area contributed by atoms with E-state index in [0.29, 0.717) is 12.4 Å². The molecule has 2 N–H and O–H groups in total. The normalized spacial score (nSPS) is 13.0. The van der Waals surface area contributed by atoms with E-state index in [1.165, 1.54) is 0 Å². The van der Waals surface area contributed by atoms with E-state index in [9.17, 15) is 14.7 Å². The van der Waals surface area contributed by atoms with Gasteiger partial charge in [-0.3, -0.25) is 0 Å². The molecule has 0 spiro atoms. The third-order valence-corrected chi connectivity index (χ3v) is 6.20. The number of carboxylic acid groups (broad SMARTS) is 1. The second-order valence-corrected chi connectivity index (χ2v) is 8.41. The number of benzene rings is 2. The molecule has 0 bridgehead atoms. The zero-order valence-corrected chi connectivity index (χ0v) is 19.6. The van der Waals surface area contributed by atoms with Crippen molar-refractivity contribution in [3.05, 3.63) is 71.9 Å². The Balaban J connectivity index is 1.97. The van der Waals surface area contributed by atoms with E-state index in [2.05, 4.69) is 14.9 Å². The maximum absolute atomic E-state index is 12.8. The van der Waals surface area contributed by atoms with Crippen LogP contribution in [0.15, 0.2) is 60.7 Å². The van der Waals surface area contributed by atoms with Gasteiger partial charge in [-0.1, -0.05) is 68.8 Å². The van der Waals surface area contributed by atoms with Crippen LogP contribution in [0.5, 0.6) is 0 Å².